The van der Waals surface area contributed by atoms with Gasteiger partial charge in [0, 0.05) is 13.6 Å². The number of fused-ring (bicyclic) bond motifs is 1. The molecule has 0 aliphatic carbocycles. The largest absolute Gasteiger partial charge is 0.364 e. The zero-order chi connectivity index (χ0) is 12.4. The molecule has 2 rings (SSSR count). The summed E-state index contributed by atoms with van der Waals surface area (Å²) in [5, 5.41) is 8.90. The minimum atomic E-state index is 0.0231. The fraction of sp³-hybridized carbons (Fsp3) is 0.231. The zero-order valence-electron chi connectivity index (χ0n) is 9.68. The number of carbonyl (C=O) groups excluding carboxylic acids is 1. The van der Waals surface area contributed by atoms with Crippen molar-refractivity contribution < 1.29 is 4.79 Å². The number of likely N-dealkylation sites (N-methyl/N-ethyl adjacent to an activating group) is 1. The fourth-order valence-corrected chi connectivity index (χ4v) is 1.97. The van der Waals surface area contributed by atoms with E-state index in [1.54, 1.807) is 23.1 Å². The van der Waals surface area contributed by atoms with Crippen molar-refractivity contribution in [1.29, 1.82) is 5.26 Å². The van der Waals surface area contributed by atoms with Gasteiger partial charge in [-0.2, -0.15) is 5.26 Å². The Labute approximate surface area is 100 Å². The third kappa shape index (κ3) is 1.87. The van der Waals surface area contributed by atoms with Gasteiger partial charge in [0.1, 0.15) is 0 Å². The van der Waals surface area contributed by atoms with Crippen molar-refractivity contribution in [2.45, 2.75) is 0 Å². The smallest absolute Gasteiger partial charge is 0.246 e. The van der Waals surface area contributed by atoms with Crippen LogP contribution in [0.4, 0.5) is 11.4 Å². The first-order valence-corrected chi connectivity index (χ1v) is 5.34. The molecule has 1 amide bonds. The molecule has 1 aromatic carbocycles. The van der Waals surface area contributed by atoms with Crippen LogP contribution in [0.3, 0.4) is 0 Å². The Hall–Kier alpha value is -2.28. The summed E-state index contributed by atoms with van der Waals surface area (Å²) in [7, 11) is 1.87. The number of hydrogen-bond acceptors (Lipinski definition) is 3. The van der Waals surface area contributed by atoms with Crippen LogP contribution in [0.5, 0.6) is 0 Å². The van der Waals surface area contributed by atoms with Crippen molar-refractivity contribution in [2.75, 3.05) is 29.9 Å². The average molecular weight is 227 g/mol. The van der Waals surface area contributed by atoms with E-state index in [4.69, 9.17) is 5.26 Å². The van der Waals surface area contributed by atoms with Crippen LogP contribution in [0, 0.1) is 11.3 Å². The zero-order valence-corrected chi connectivity index (χ0v) is 9.68. The molecule has 0 radical (unpaired) electrons. The maximum atomic E-state index is 11.9. The highest BCUT2D eigenvalue weighted by molar-refractivity contribution is 6.03. The molecule has 0 aromatic heterocycles. The summed E-state index contributed by atoms with van der Waals surface area (Å²) >= 11 is 0. The van der Waals surface area contributed by atoms with Gasteiger partial charge >= 0.3 is 0 Å². The Morgan fingerprint density at radius 3 is 2.94 bits per heavy atom. The molecule has 17 heavy (non-hydrogen) atoms. The maximum Gasteiger partial charge on any atom is 0.246 e. The quantitative estimate of drug-likeness (QED) is 0.720. The van der Waals surface area contributed by atoms with E-state index in [0.29, 0.717) is 18.7 Å². The lowest BCUT2D eigenvalue weighted by atomic mass is 10.1. The van der Waals surface area contributed by atoms with Crippen molar-refractivity contribution in [3.05, 3.63) is 36.4 Å². The lowest BCUT2D eigenvalue weighted by Gasteiger charge is -2.34. The molecular weight excluding hydrogens is 214 g/mol. The minimum absolute atomic E-state index is 0.0231. The summed E-state index contributed by atoms with van der Waals surface area (Å²) in [5.41, 5.74) is 2.30. The molecule has 4 heteroatoms. The Bertz CT molecular complexity index is 516. The van der Waals surface area contributed by atoms with Gasteiger partial charge in [-0.25, -0.2) is 0 Å². The van der Waals surface area contributed by atoms with E-state index >= 15 is 0 Å². The van der Waals surface area contributed by atoms with E-state index in [0.717, 1.165) is 11.4 Å². The van der Waals surface area contributed by atoms with Crippen molar-refractivity contribution in [3.8, 4) is 6.07 Å². The summed E-state index contributed by atoms with van der Waals surface area (Å²) in [5.74, 6) is 0.0231. The molecule has 0 N–H and O–H groups in total. The number of nitriles is 1. The van der Waals surface area contributed by atoms with Gasteiger partial charge < -0.3 is 9.80 Å². The predicted octanol–water partition coefficient (Wildman–Crippen LogP) is 1.53. The standard InChI is InChI=1S/C13H13N3O/c1-3-6-16-12-7-10(8-14)4-5-11(12)15(2)9-13(16)17/h3-5,7H,1,6,9H2,2H3. The highest BCUT2D eigenvalue weighted by Gasteiger charge is 2.26. The van der Waals surface area contributed by atoms with Crippen LogP contribution >= 0.6 is 0 Å². The van der Waals surface area contributed by atoms with Crippen molar-refractivity contribution in [3.63, 3.8) is 0 Å². The SMILES string of the molecule is C=CCN1C(=O)CN(C)c2ccc(C#N)cc21. The summed E-state index contributed by atoms with van der Waals surface area (Å²) in [6.07, 6.45) is 1.69. The minimum Gasteiger partial charge on any atom is -0.364 e. The molecule has 0 saturated heterocycles. The van der Waals surface area contributed by atoms with Crippen LogP contribution in [0.15, 0.2) is 30.9 Å². The Balaban J connectivity index is 2.54. The summed E-state index contributed by atoms with van der Waals surface area (Å²) in [4.78, 5) is 15.5. The number of hydrogen-bond donors (Lipinski definition) is 0. The lowest BCUT2D eigenvalue weighted by molar-refractivity contribution is -0.117. The van der Waals surface area contributed by atoms with E-state index in [1.165, 1.54) is 0 Å². The van der Waals surface area contributed by atoms with Gasteiger partial charge in [0.2, 0.25) is 5.91 Å². The van der Waals surface area contributed by atoms with Crippen molar-refractivity contribution >= 4 is 17.3 Å². The number of anilines is 2. The van der Waals surface area contributed by atoms with Gasteiger partial charge in [-0.1, -0.05) is 6.08 Å². The van der Waals surface area contributed by atoms with Crippen LogP contribution < -0.4 is 9.80 Å². The Morgan fingerprint density at radius 2 is 2.29 bits per heavy atom. The molecule has 0 saturated carbocycles. The van der Waals surface area contributed by atoms with Crippen molar-refractivity contribution in [1.82, 2.24) is 0 Å². The second kappa shape index (κ2) is 4.30. The molecule has 1 aliphatic heterocycles. The normalized spacial score (nSPS) is 14.2. The molecular formula is C13H13N3O. The molecule has 4 nitrogen and oxygen atoms in total. The predicted molar refractivity (Wildman–Crippen MR) is 67.0 cm³/mol. The molecule has 0 unspecified atom stereocenters. The van der Waals surface area contributed by atoms with E-state index in [1.807, 2.05) is 18.0 Å². The second-order valence-electron chi connectivity index (χ2n) is 3.96. The van der Waals surface area contributed by atoms with E-state index in [-0.39, 0.29) is 5.91 Å². The summed E-state index contributed by atoms with van der Waals surface area (Å²) < 4.78 is 0. The van der Waals surface area contributed by atoms with Gasteiger partial charge in [0.25, 0.3) is 0 Å². The molecule has 0 fully saturated rings. The maximum absolute atomic E-state index is 11.9. The first-order valence-electron chi connectivity index (χ1n) is 5.34. The van der Waals surface area contributed by atoms with E-state index in [9.17, 15) is 4.79 Å². The first-order chi connectivity index (χ1) is 8.17. The molecule has 1 heterocycles. The molecule has 0 atom stereocenters. The van der Waals surface area contributed by atoms with Gasteiger partial charge in [-0.3, -0.25) is 4.79 Å². The van der Waals surface area contributed by atoms with E-state index < -0.39 is 0 Å². The van der Waals surface area contributed by atoms with Crippen LogP contribution in [0.25, 0.3) is 0 Å². The van der Waals surface area contributed by atoms with E-state index in [2.05, 4.69) is 12.6 Å². The Morgan fingerprint density at radius 1 is 1.53 bits per heavy atom. The lowest BCUT2D eigenvalue weighted by Crippen LogP contribution is -2.44. The number of nitrogens with zero attached hydrogens (tertiary/aromatic N) is 3. The third-order valence-electron chi connectivity index (χ3n) is 2.79. The fourth-order valence-electron chi connectivity index (χ4n) is 1.97. The van der Waals surface area contributed by atoms with Gasteiger partial charge in [-0.15, -0.1) is 6.58 Å². The number of rotatable bonds is 2. The summed E-state index contributed by atoms with van der Waals surface area (Å²) in [6.45, 7) is 4.47. The number of benzene rings is 1. The van der Waals surface area contributed by atoms with Crippen molar-refractivity contribution in [2.24, 2.45) is 0 Å². The number of carbonyl (C=O) groups is 1. The third-order valence-corrected chi connectivity index (χ3v) is 2.79. The topological polar surface area (TPSA) is 47.3 Å². The van der Waals surface area contributed by atoms with Crippen LogP contribution in [0.1, 0.15) is 5.56 Å². The average Bonchev–Trinajstić information content (AvgIpc) is 2.33. The highest BCUT2D eigenvalue weighted by Crippen LogP contribution is 2.33. The molecule has 1 aliphatic rings. The number of amides is 1. The van der Waals surface area contributed by atoms with Gasteiger partial charge in [0.05, 0.1) is 29.6 Å². The first kappa shape index (κ1) is 11.2. The molecule has 86 valence electrons. The summed E-state index contributed by atoms with van der Waals surface area (Å²) in [6, 6.07) is 7.46. The van der Waals surface area contributed by atoms with Gasteiger partial charge in [-0.05, 0) is 18.2 Å². The van der Waals surface area contributed by atoms with Crippen LogP contribution in [0.2, 0.25) is 0 Å². The van der Waals surface area contributed by atoms with Crippen LogP contribution in [-0.2, 0) is 4.79 Å². The Kier molecular flexibility index (Phi) is 2.84. The highest BCUT2D eigenvalue weighted by atomic mass is 16.2. The second-order valence-corrected chi connectivity index (χ2v) is 3.96. The molecule has 0 spiro atoms. The molecule has 0 bridgehead atoms. The molecule has 1 aromatic rings. The van der Waals surface area contributed by atoms with Crippen LogP contribution in [-0.4, -0.2) is 26.0 Å². The van der Waals surface area contributed by atoms with Gasteiger partial charge in [0.15, 0.2) is 0 Å². The monoisotopic (exact) mass is 227 g/mol.